The van der Waals surface area contributed by atoms with Crippen LogP contribution < -0.4 is 14.8 Å². The molecule has 1 N–H and O–H groups in total. The van der Waals surface area contributed by atoms with Crippen molar-refractivity contribution in [3.63, 3.8) is 0 Å². The zero-order chi connectivity index (χ0) is 13.1. The van der Waals surface area contributed by atoms with Gasteiger partial charge in [0.05, 0.1) is 0 Å². The Kier molecular flexibility index (Phi) is 4.12. The molecular weight excluding hydrogens is 226 g/mol. The second-order valence-corrected chi connectivity index (χ2v) is 5.18. The minimum absolute atomic E-state index is 0.323. The van der Waals surface area contributed by atoms with Crippen LogP contribution in [-0.4, -0.2) is 12.8 Å². The molecule has 0 amide bonds. The highest BCUT2D eigenvalue weighted by Crippen LogP contribution is 2.34. The Hall–Kier alpha value is -1.22. The lowest BCUT2D eigenvalue weighted by atomic mass is 9.98. The van der Waals surface area contributed by atoms with Crippen molar-refractivity contribution in [2.75, 3.05) is 6.79 Å². The quantitative estimate of drug-likeness (QED) is 0.866. The molecule has 0 aromatic heterocycles. The molecule has 0 aliphatic carbocycles. The van der Waals surface area contributed by atoms with Crippen molar-refractivity contribution in [1.82, 2.24) is 5.32 Å². The summed E-state index contributed by atoms with van der Waals surface area (Å²) in [7, 11) is 0. The number of ether oxygens (including phenoxy) is 2. The number of hydrogen-bond donors (Lipinski definition) is 1. The van der Waals surface area contributed by atoms with Gasteiger partial charge >= 0.3 is 0 Å². The Morgan fingerprint density at radius 3 is 2.61 bits per heavy atom. The standard InChI is InChI=1S/C15H23NO2/c1-5-10(2)11(3)16-12(4)13-6-7-14-15(8-13)18-9-17-14/h6-8,10-12,16H,5,9H2,1-4H3. The lowest BCUT2D eigenvalue weighted by Gasteiger charge is -2.25. The van der Waals surface area contributed by atoms with Gasteiger partial charge in [-0.05, 0) is 37.5 Å². The molecule has 3 unspecified atom stereocenters. The van der Waals surface area contributed by atoms with E-state index in [0.717, 1.165) is 11.5 Å². The van der Waals surface area contributed by atoms with E-state index in [4.69, 9.17) is 9.47 Å². The van der Waals surface area contributed by atoms with Crippen molar-refractivity contribution in [3.8, 4) is 11.5 Å². The fraction of sp³-hybridized carbons (Fsp3) is 0.600. The van der Waals surface area contributed by atoms with E-state index in [1.165, 1.54) is 12.0 Å². The smallest absolute Gasteiger partial charge is 0.231 e. The molecule has 0 saturated heterocycles. The minimum atomic E-state index is 0.323. The lowest BCUT2D eigenvalue weighted by molar-refractivity contribution is 0.174. The van der Waals surface area contributed by atoms with Crippen molar-refractivity contribution in [3.05, 3.63) is 23.8 Å². The maximum absolute atomic E-state index is 5.41. The van der Waals surface area contributed by atoms with Gasteiger partial charge in [-0.1, -0.05) is 26.3 Å². The van der Waals surface area contributed by atoms with E-state index in [-0.39, 0.29) is 0 Å². The normalized spacial score (nSPS) is 18.4. The molecule has 3 heteroatoms. The summed E-state index contributed by atoms with van der Waals surface area (Å²) in [5.74, 6) is 2.39. The average Bonchev–Trinajstić information content (AvgIpc) is 2.84. The van der Waals surface area contributed by atoms with Crippen molar-refractivity contribution >= 4 is 0 Å². The van der Waals surface area contributed by atoms with Gasteiger partial charge < -0.3 is 14.8 Å². The van der Waals surface area contributed by atoms with Crippen molar-refractivity contribution in [1.29, 1.82) is 0 Å². The number of hydrogen-bond acceptors (Lipinski definition) is 3. The van der Waals surface area contributed by atoms with Gasteiger partial charge in [-0.2, -0.15) is 0 Å². The predicted octanol–water partition coefficient (Wildman–Crippen LogP) is 3.50. The highest BCUT2D eigenvalue weighted by Gasteiger charge is 2.18. The predicted molar refractivity (Wildman–Crippen MR) is 73.0 cm³/mol. The first kappa shape index (κ1) is 13.2. The topological polar surface area (TPSA) is 30.5 Å². The lowest BCUT2D eigenvalue weighted by Crippen LogP contribution is -2.33. The largest absolute Gasteiger partial charge is 0.454 e. The van der Waals surface area contributed by atoms with Crippen LogP contribution in [-0.2, 0) is 0 Å². The van der Waals surface area contributed by atoms with Crippen LogP contribution in [0.3, 0.4) is 0 Å². The second kappa shape index (κ2) is 5.61. The van der Waals surface area contributed by atoms with Gasteiger partial charge in [-0.15, -0.1) is 0 Å². The van der Waals surface area contributed by atoms with Crippen LogP contribution in [0.1, 0.15) is 45.7 Å². The molecular formula is C15H23NO2. The van der Waals surface area contributed by atoms with E-state index in [2.05, 4.69) is 45.1 Å². The highest BCUT2D eigenvalue weighted by molar-refractivity contribution is 5.45. The van der Waals surface area contributed by atoms with E-state index < -0.39 is 0 Å². The Morgan fingerprint density at radius 1 is 1.17 bits per heavy atom. The van der Waals surface area contributed by atoms with Gasteiger partial charge in [0.2, 0.25) is 6.79 Å². The van der Waals surface area contributed by atoms with Crippen LogP contribution in [0, 0.1) is 5.92 Å². The Bertz CT molecular complexity index is 405. The molecule has 1 aliphatic rings. The third-order valence-corrected chi connectivity index (χ3v) is 3.91. The van der Waals surface area contributed by atoms with Gasteiger partial charge in [-0.3, -0.25) is 0 Å². The summed E-state index contributed by atoms with van der Waals surface area (Å²) in [5, 5.41) is 3.64. The van der Waals surface area contributed by atoms with Crippen LogP contribution >= 0.6 is 0 Å². The summed E-state index contributed by atoms with van der Waals surface area (Å²) < 4.78 is 10.7. The van der Waals surface area contributed by atoms with Gasteiger partial charge in [0.1, 0.15) is 0 Å². The summed E-state index contributed by atoms with van der Waals surface area (Å²) in [5.41, 5.74) is 1.24. The Morgan fingerprint density at radius 2 is 1.89 bits per heavy atom. The number of nitrogens with one attached hydrogen (secondary N) is 1. The van der Waals surface area contributed by atoms with Crippen molar-refractivity contribution < 1.29 is 9.47 Å². The van der Waals surface area contributed by atoms with Crippen molar-refractivity contribution in [2.45, 2.75) is 46.2 Å². The van der Waals surface area contributed by atoms with Gasteiger partial charge in [0.15, 0.2) is 11.5 Å². The Balaban J connectivity index is 2.03. The van der Waals surface area contributed by atoms with E-state index in [1.54, 1.807) is 0 Å². The number of rotatable bonds is 5. The van der Waals surface area contributed by atoms with Crippen molar-refractivity contribution in [2.24, 2.45) is 5.92 Å². The molecule has 1 aromatic carbocycles. The monoisotopic (exact) mass is 249 g/mol. The average molecular weight is 249 g/mol. The summed E-state index contributed by atoms with van der Waals surface area (Å²) in [6, 6.07) is 7.00. The molecule has 1 aromatic rings. The SMILES string of the molecule is CCC(C)C(C)NC(C)c1ccc2c(c1)OCO2. The maximum Gasteiger partial charge on any atom is 0.231 e. The molecule has 0 fully saturated rings. The third kappa shape index (κ3) is 2.78. The Labute approximate surface area is 109 Å². The van der Waals surface area contributed by atoms with Crippen LogP contribution in [0.5, 0.6) is 11.5 Å². The number of fused-ring (bicyclic) bond motifs is 1. The first-order valence-corrected chi connectivity index (χ1v) is 6.77. The molecule has 100 valence electrons. The van der Waals surface area contributed by atoms with E-state index in [1.807, 2.05) is 6.07 Å². The molecule has 0 saturated carbocycles. The molecule has 3 atom stereocenters. The summed E-state index contributed by atoms with van der Waals surface area (Å²) in [6.07, 6.45) is 1.20. The maximum atomic E-state index is 5.41. The molecule has 1 heterocycles. The molecule has 18 heavy (non-hydrogen) atoms. The van der Waals surface area contributed by atoms with Crippen LogP contribution in [0.4, 0.5) is 0 Å². The van der Waals surface area contributed by atoms with E-state index in [9.17, 15) is 0 Å². The van der Waals surface area contributed by atoms with Gasteiger partial charge in [-0.25, -0.2) is 0 Å². The molecule has 0 spiro atoms. The van der Waals surface area contributed by atoms with Gasteiger partial charge in [0.25, 0.3) is 0 Å². The summed E-state index contributed by atoms with van der Waals surface area (Å²) in [6.45, 7) is 9.29. The second-order valence-electron chi connectivity index (χ2n) is 5.18. The minimum Gasteiger partial charge on any atom is -0.454 e. The molecule has 0 bridgehead atoms. The van der Waals surface area contributed by atoms with E-state index >= 15 is 0 Å². The summed E-state index contributed by atoms with van der Waals surface area (Å²) in [4.78, 5) is 0. The first-order chi connectivity index (χ1) is 8.61. The number of benzene rings is 1. The van der Waals surface area contributed by atoms with Crippen LogP contribution in [0.25, 0.3) is 0 Å². The zero-order valence-electron chi connectivity index (χ0n) is 11.7. The molecule has 1 aliphatic heterocycles. The fourth-order valence-corrected chi connectivity index (χ4v) is 2.19. The van der Waals surface area contributed by atoms with Crippen LogP contribution in [0.15, 0.2) is 18.2 Å². The highest BCUT2D eigenvalue weighted by atomic mass is 16.7. The zero-order valence-corrected chi connectivity index (χ0v) is 11.7. The first-order valence-electron chi connectivity index (χ1n) is 6.77. The van der Waals surface area contributed by atoms with E-state index in [0.29, 0.717) is 24.8 Å². The molecule has 2 rings (SSSR count). The molecule has 0 radical (unpaired) electrons. The third-order valence-electron chi connectivity index (χ3n) is 3.91. The van der Waals surface area contributed by atoms with Gasteiger partial charge in [0, 0.05) is 12.1 Å². The van der Waals surface area contributed by atoms with Crippen LogP contribution in [0.2, 0.25) is 0 Å². The summed E-state index contributed by atoms with van der Waals surface area (Å²) >= 11 is 0. The molecule has 3 nitrogen and oxygen atoms in total. The fourth-order valence-electron chi connectivity index (χ4n) is 2.19.